The maximum atomic E-state index is 11.3. The minimum absolute atomic E-state index is 0.282. The molecule has 0 fully saturated rings. The van der Waals surface area contributed by atoms with Crippen LogP contribution in [-0.2, 0) is 17.6 Å². The summed E-state index contributed by atoms with van der Waals surface area (Å²) in [6.07, 6.45) is 3.22. The van der Waals surface area contributed by atoms with E-state index < -0.39 is 0 Å². The van der Waals surface area contributed by atoms with E-state index in [4.69, 9.17) is 0 Å². The number of rotatable bonds is 5. The van der Waals surface area contributed by atoms with Gasteiger partial charge >= 0.3 is 5.97 Å². The molecule has 2 aromatic carbocycles. The first kappa shape index (κ1) is 13.3. The number of aryl methyl sites for hydroxylation is 2. The number of hydrogen-bond donors (Lipinski definition) is 0. The molecule has 0 N–H and O–H groups in total. The minimum atomic E-state index is -0.282. The molecule has 0 aliphatic heterocycles. The third kappa shape index (κ3) is 3.95. The molecule has 0 atom stereocenters. The molecule has 19 heavy (non-hydrogen) atoms. The van der Waals surface area contributed by atoms with Crippen molar-refractivity contribution in [3.05, 3.63) is 71.3 Å². The lowest BCUT2D eigenvalue weighted by molar-refractivity contribution is 0.0600. The van der Waals surface area contributed by atoms with Crippen molar-refractivity contribution in [3.63, 3.8) is 0 Å². The molecular formula is C17H18O2. The van der Waals surface area contributed by atoms with Gasteiger partial charge in [-0.3, -0.25) is 0 Å². The summed E-state index contributed by atoms with van der Waals surface area (Å²) in [5.41, 5.74) is 3.23. The van der Waals surface area contributed by atoms with E-state index >= 15 is 0 Å². The van der Waals surface area contributed by atoms with Gasteiger partial charge in [-0.15, -0.1) is 0 Å². The Morgan fingerprint density at radius 1 is 0.895 bits per heavy atom. The first-order chi connectivity index (χ1) is 9.29. The Hall–Kier alpha value is -2.09. The molecule has 0 saturated heterocycles. The Morgan fingerprint density at radius 3 is 2.05 bits per heavy atom. The molecule has 0 amide bonds. The van der Waals surface area contributed by atoms with Crippen LogP contribution in [0.1, 0.15) is 27.9 Å². The van der Waals surface area contributed by atoms with Crippen LogP contribution in [0.25, 0.3) is 0 Å². The van der Waals surface area contributed by atoms with Crippen molar-refractivity contribution in [1.82, 2.24) is 0 Å². The van der Waals surface area contributed by atoms with E-state index in [2.05, 4.69) is 29.0 Å². The van der Waals surface area contributed by atoms with Crippen LogP contribution in [0.5, 0.6) is 0 Å². The van der Waals surface area contributed by atoms with Gasteiger partial charge in [0, 0.05) is 0 Å². The van der Waals surface area contributed by atoms with Gasteiger partial charge in [-0.2, -0.15) is 0 Å². The third-order valence-electron chi connectivity index (χ3n) is 3.15. The van der Waals surface area contributed by atoms with Crippen molar-refractivity contribution in [1.29, 1.82) is 0 Å². The summed E-state index contributed by atoms with van der Waals surface area (Å²) in [6, 6.07) is 18.1. The summed E-state index contributed by atoms with van der Waals surface area (Å²) in [7, 11) is 1.40. The van der Waals surface area contributed by atoms with E-state index in [1.165, 1.54) is 18.2 Å². The molecule has 2 aromatic rings. The molecular weight excluding hydrogens is 236 g/mol. The molecule has 0 aliphatic carbocycles. The smallest absolute Gasteiger partial charge is 0.337 e. The van der Waals surface area contributed by atoms with Gasteiger partial charge in [0.05, 0.1) is 12.7 Å². The Morgan fingerprint density at radius 2 is 1.47 bits per heavy atom. The van der Waals surface area contributed by atoms with Gasteiger partial charge in [-0.05, 0) is 42.5 Å². The number of methoxy groups -OCH3 is 1. The van der Waals surface area contributed by atoms with Crippen LogP contribution in [-0.4, -0.2) is 13.1 Å². The zero-order valence-corrected chi connectivity index (χ0v) is 11.1. The Labute approximate surface area is 114 Å². The molecule has 2 rings (SSSR count). The maximum Gasteiger partial charge on any atom is 0.337 e. The van der Waals surface area contributed by atoms with Crippen LogP contribution in [0.4, 0.5) is 0 Å². The highest BCUT2D eigenvalue weighted by atomic mass is 16.5. The van der Waals surface area contributed by atoms with E-state index in [1.54, 1.807) is 0 Å². The van der Waals surface area contributed by atoms with Crippen molar-refractivity contribution in [2.24, 2.45) is 0 Å². The number of ether oxygens (including phenoxy) is 1. The largest absolute Gasteiger partial charge is 0.465 e. The standard InChI is InChI=1S/C17H18O2/c1-19-17(18)16-12-10-15(11-13-16)9-5-8-14-6-3-2-4-7-14/h2-4,6-7,10-13H,5,8-9H2,1H3. The molecule has 0 spiro atoms. The van der Waals surface area contributed by atoms with Gasteiger partial charge < -0.3 is 4.74 Å². The maximum absolute atomic E-state index is 11.3. The number of esters is 1. The topological polar surface area (TPSA) is 26.3 Å². The highest BCUT2D eigenvalue weighted by Crippen LogP contribution is 2.10. The molecule has 0 bridgehead atoms. The van der Waals surface area contributed by atoms with E-state index in [0.29, 0.717) is 5.56 Å². The molecule has 0 heterocycles. The number of hydrogen-bond acceptors (Lipinski definition) is 2. The zero-order valence-electron chi connectivity index (χ0n) is 11.1. The van der Waals surface area contributed by atoms with Crippen molar-refractivity contribution in [2.45, 2.75) is 19.3 Å². The molecule has 0 aliphatic rings. The normalized spacial score (nSPS) is 10.2. The molecule has 2 heteroatoms. The number of benzene rings is 2. The first-order valence-electron chi connectivity index (χ1n) is 6.51. The van der Waals surface area contributed by atoms with Crippen molar-refractivity contribution in [2.75, 3.05) is 7.11 Å². The molecule has 0 saturated carbocycles. The SMILES string of the molecule is COC(=O)c1ccc(CCCc2ccccc2)cc1. The monoisotopic (exact) mass is 254 g/mol. The van der Waals surface area contributed by atoms with Crippen molar-refractivity contribution in [3.8, 4) is 0 Å². The fraction of sp³-hybridized carbons (Fsp3) is 0.235. The van der Waals surface area contributed by atoms with Crippen LogP contribution in [0, 0.1) is 0 Å². The average molecular weight is 254 g/mol. The van der Waals surface area contributed by atoms with Crippen LogP contribution in [0.15, 0.2) is 54.6 Å². The van der Waals surface area contributed by atoms with Gasteiger partial charge in [-0.25, -0.2) is 4.79 Å². The van der Waals surface area contributed by atoms with Crippen LogP contribution in [0.2, 0.25) is 0 Å². The van der Waals surface area contributed by atoms with Crippen LogP contribution < -0.4 is 0 Å². The van der Waals surface area contributed by atoms with Gasteiger partial charge in [0.1, 0.15) is 0 Å². The predicted molar refractivity (Wildman–Crippen MR) is 76.2 cm³/mol. The van der Waals surface area contributed by atoms with E-state index in [9.17, 15) is 4.79 Å². The second-order valence-electron chi connectivity index (χ2n) is 4.53. The molecule has 98 valence electrons. The summed E-state index contributed by atoms with van der Waals surface area (Å²) >= 11 is 0. The summed E-state index contributed by atoms with van der Waals surface area (Å²) in [5, 5.41) is 0. The fourth-order valence-electron chi connectivity index (χ4n) is 2.07. The predicted octanol–water partition coefficient (Wildman–Crippen LogP) is 3.65. The highest BCUT2D eigenvalue weighted by molar-refractivity contribution is 5.89. The minimum Gasteiger partial charge on any atom is -0.465 e. The molecule has 0 unspecified atom stereocenters. The van der Waals surface area contributed by atoms with E-state index in [-0.39, 0.29) is 5.97 Å². The molecule has 0 radical (unpaired) electrons. The van der Waals surface area contributed by atoms with Crippen LogP contribution >= 0.6 is 0 Å². The molecule has 2 nitrogen and oxygen atoms in total. The summed E-state index contributed by atoms with van der Waals surface area (Å²) < 4.78 is 4.68. The Balaban J connectivity index is 1.85. The van der Waals surface area contributed by atoms with Crippen molar-refractivity contribution >= 4 is 5.97 Å². The van der Waals surface area contributed by atoms with Gasteiger partial charge in [0.2, 0.25) is 0 Å². The van der Waals surface area contributed by atoms with Gasteiger partial charge in [0.15, 0.2) is 0 Å². The molecule has 0 aromatic heterocycles. The van der Waals surface area contributed by atoms with E-state index in [1.807, 2.05) is 30.3 Å². The number of carbonyl (C=O) groups is 1. The summed E-state index contributed by atoms with van der Waals surface area (Å²) in [6.45, 7) is 0. The second kappa shape index (κ2) is 6.74. The lowest BCUT2D eigenvalue weighted by Gasteiger charge is -2.04. The summed E-state index contributed by atoms with van der Waals surface area (Å²) in [5.74, 6) is -0.282. The second-order valence-corrected chi connectivity index (χ2v) is 4.53. The Kier molecular flexibility index (Phi) is 4.73. The fourth-order valence-corrected chi connectivity index (χ4v) is 2.07. The van der Waals surface area contributed by atoms with Gasteiger partial charge in [-0.1, -0.05) is 42.5 Å². The lowest BCUT2D eigenvalue weighted by Crippen LogP contribution is -2.01. The summed E-state index contributed by atoms with van der Waals surface area (Å²) in [4.78, 5) is 11.3. The lowest BCUT2D eigenvalue weighted by atomic mass is 10.0. The third-order valence-corrected chi connectivity index (χ3v) is 3.15. The van der Waals surface area contributed by atoms with Crippen molar-refractivity contribution < 1.29 is 9.53 Å². The van der Waals surface area contributed by atoms with Gasteiger partial charge in [0.25, 0.3) is 0 Å². The highest BCUT2D eigenvalue weighted by Gasteiger charge is 2.04. The average Bonchev–Trinajstić information content (AvgIpc) is 2.48. The zero-order chi connectivity index (χ0) is 13.5. The Bertz CT molecular complexity index is 515. The quantitative estimate of drug-likeness (QED) is 0.761. The number of carbonyl (C=O) groups excluding carboxylic acids is 1. The first-order valence-corrected chi connectivity index (χ1v) is 6.51. The van der Waals surface area contributed by atoms with E-state index in [0.717, 1.165) is 19.3 Å². The van der Waals surface area contributed by atoms with Crippen LogP contribution in [0.3, 0.4) is 0 Å².